The van der Waals surface area contributed by atoms with E-state index in [2.05, 4.69) is 32.3 Å². The van der Waals surface area contributed by atoms with E-state index < -0.39 is 11.7 Å². The van der Waals surface area contributed by atoms with Gasteiger partial charge in [-0.1, -0.05) is 6.07 Å². The van der Waals surface area contributed by atoms with Gasteiger partial charge in [-0.25, -0.2) is 4.79 Å². The summed E-state index contributed by atoms with van der Waals surface area (Å²) < 4.78 is 39.0. The molecule has 10 heteroatoms. The number of aliphatic imine (C=N–C) groups is 1. The minimum Gasteiger partial charge on any atom is -0.338 e. The highest BCUT2D eigenvalue weighted by Crippen LogP contribution is 2.41. The number of nitrogens with zero attached hydrogens (tertiary/aromatic N) is 3. The molecule has 32 heavy (non-hydrogen) atoms. The molecule has 0 saturated carbocycles. The van der Waals surface area contributed by atoms with Crippen molar-refractivity contribution in [3.05, 3.63) is 60.6 Å². The molecule has 0 unspecified atom stereocenters. The van der Waals surface area contributed by atoms with Gasteiger partial charge in [-0.2, -0.15) is 13.2 Å². The SMILES string of the molecule is C=Nc1cc(-c2cccnc2)cc(-c2ccc(C(F)(F)F)cn2)c1SCNC(=O)NCC. The van der Waals surface area contributed by atoms with Crippen LogP contribution in [0.15, 0.2) is 64.9 Å². The summed E-state index contributed by atoms with van der Waals surface area (Å²) in [5, 5.41) is 5.34. The molecule has 6 nitrogen and oxygen atoms in total. The van der Waals surface area contributed by atoms with Crippen LogP contribution in [0.4, 0.5) is 23.7 Å². The molecule has 3 aromatic rings. The fourth-order valence-corrected chi connectivity index (χ4v) is 3.83. The van der Waals surface area contributed by atoms with Gasteiger partial charge in [0.2, 0.25) is 0 Å². The van der Waals surface area contributed by atoms with Crippen molar-refractivity contribution in [2.75, 3.05) is 12.4 Å². The molecule has 0 atom stereocenters. The maximum atomic E-state index is 13.0. The van der Waals surface area contributed by atoms with Crippen LogP contribution in [0, 0.1) is 0 Å². The Labute approximate surface area is 187 Å². The van der Waals surface area contributed by atoms with E-state index >= 15 is 0 Å². The lowest BCUT2D eigenvalue weighted by atomic mass is 10.0. The largest absolute Gasteiger partial charge is 0.417 e. The summed E-state index contributed by atoms with van der Waals surface area (Å²) in [5.74, 6) is 0.216. The van der Waals surface area contributed by atoms with E-state index in [1.165, 1.54) is 17.8 Å². The van der Waals surface area contributed by atoms with Gasteiger partial charge in [0, 0.05) is 41.2 Å². The lowest BCUT2D eigenvalue weighted by Gasteiger charge is -2.15. The number of carbonyl (C=O) groups is 1. The Kier molecular flexibility index (Phi) is 7.47. The molecule has 0 fully saturated rings. The maximum absolute atomic E-state index is 13.0. The van der Waals surface area contributed by atoms with Gasteiger partial charge in [-0.15, -0.1) is 11.8 Å². The minimum atomic E-state index is -4.48. The molecule has 0 bridgehead atoms. The third kappa shape index (κ3) is 5.64. The van der Waals surface area contributed by atoms with Crippen molar-refractivity contribution < 1.29 is 18.0 Å². The fraction of sp³-hybridized carbons (Fsp3) is 0.182. The van der Waals surface area contributed by atoms with Crippen molar-refractivity contribution in [3.8, 4) is 22.4 Å². The number of hydrogen-bond acceptors (Lipinski definition) is 5. The number of rotatable bonds is 7. The summed E-state index contributed by atoms with van der Waals surface area (Å²) in [6.45, 7) is 5.92. The Hall–Kier alpha value is -3.40. The van der Waals surface area contributed by atoms with Crippen molar-refractivity contribution in [2.45, 2.75) is 18.0 Å². The van der Waals surface area contributed by atoms with Crippen LogP contribution in [0.1, 0.15) is 12.5 Å². The van der Waals surface area contributed by atoms with Crippen molar-refractivity contribution in [3.63, 3.8) is 0 Å². The van der Waals surface area contributed by atoms with Gasteiger partial charge in [0.15, 0.2) is 0 Å². The van der Waals surface area contributed by atoms with E-state index in [-0.39, 0.29) is 11.9 Å². The Bertz CT molecular complexity index is 1090. The van der Waals surface area contributed by atoms with Crippen LogP contribution in [0.2, 0.25) is 0 Å². The van der Waals surface area contributed by atoms with Crippen molar-refractivity contribution >= 4 is 30.2 Å². The van der Waals surface area contributed by atoms with Crippen molar-refractivity contribution in [2.24, 2.45) is 4.99 Å². The highest BCUT2D eigenvalue weighted by molar-refractivity contribution is 7.99. The number of hydrogen-bond donors (Lipinski definition) is 2. The smallest absolute Gasteiger partial charge is 0.338 e. The summed E-state index contributed by atoms with van der Waals surface area (Å²) in [7, 11) is 0. The molecule has 166 valence electrons. The first-order chi connectivity index (χ1) is 15.3. The molecular formula is C22H20F3N5OS. The molecule has 2 N–H and O–H groups in total. The van der Waals surface area contributed by atoms with Crippen molar-refractivity contribution in [1.82, 2.24) is 20.6 Å². The van der Waals surface area contributed by atoms with E-state index in [0.29, 0.717) is 28.4 Å². The molecule has 0 saturated heterocycles. The van der Waals surface area contributed by atoms with Crippen LogP contribution in [-0.4, -0.2) is 35.1 Å². The monoisotopic (exact) mass is 459 g/mol. The van der Waals surface area contributed by atoms with Crippen LogP contribution in [0.25, 0.3) is 22.4 Å². The van der Waals surface area contributed by atoms with Gasteiger partial charge < -0.3 is 10.6 Å². The Balaban J connectivity index is 2.06. The molecule has 0 aliphatic carbocycles. The number of alkyl halides is 3. The number of amides is 2. The number of pyridine rings is 2. The zero-order valence-electron chi connectivity index (χ0n) is 17.1. The van der Waals surface area contributed by atoms with Gasteiger partial charge in [0.1, 0.15) is 0 Å². The first kappa shape index (κ1) is 23.3. The first-order valence-electron chi connectivity index (χ1n) is 9.56. The molecule has 0 aliphatic rings. The van der Waals surface area contributed by atoms with Crippen LogP contribution in [0.5, 0.6) is 0 Å². The van der Waals surface area contributed by atoms with Gasteiger partial charge in [0.25, 0.3) is 0 Å². The quantitative estimate of drug-likeness (QED) is 0.277. The molecule has 2 amide bonds. The average Bonchev–Trinajstić information content (AvgIpc) is 2.79. The number of aromatic nitrogens is 2. The molecule has 2 aromatic heterocycles. The predicted molar refractivity (Wildman–Crippen MR) is 120 cm³/mol. The molecule has 1 aromatic carbocycles. The summed E-state index contributed by atoms with van der Waals surface area (Å²) in [6, 6.07) is 9.26. The lowest BCUT2D eigenvalue weighted by Crippen LogP contribution is -2.34. The van der Waals surface area contributed by atoms with Crippen LogP contribution < -0.4 is 10.6 Å². The minimum absolute atomic E-state index is 0.216. The zero-order valence-corrected chi connectivity index (χ0v) is 17.9. The average molecular weight is 459 g/mol. The van der Waals surface area contributed by atoms with Crippen LogP contribution >= 0.6 is 11.8 Å². The summed E-state index contributed by atoms with van der Waals surface area (Å²) in [4.78, 5) is 24.6. The Morgan fingerprint density at radius 3 is 2.56 bits per heavy atom. The number of benzene rings is 1. The molecule has 0 aliphatic heterocycles. The third-order valence-corrected chi connectivity index (χ3v) is 5.39. The number of thioether (sulfide) groups is 1. The Morgan fingerprint density at radius 2 is 1.97 bits per heavy atom. The molecule has 0 radical (unpaired) electrons. The highest BCUT2D eigenvalue weighted by atomic mass is 32.2. The number of carbonyl (C=O) groups excluding carboxylic acids is 1. The molecule has 2 heterocycles. The zero-order chi connectivity index (χ0) is 23.1. The Morgan fingerprint density at radius 1 is 1.16 bits per heavy atom. The molecule has 0 spiro atoms. The normalized spacial score (nSPS) is 11.1. The van der Waals surface area contributed by atoms with Gasteiger partial charge in [-0.3, -0.25) is 15.0 Å². The number of halogens is 3. The second kappa shape index (κ2) is 10.3. The van der Waals surface area contributed by atoms with Crippen LogP contribution in [-0.2, 0) is 6.18 Å². The summed E-state index contributed by atoms with van der Waals surface area (Å²) >= 11 is 1.28. The number of urea groups is 1. The maximum Gasteiger partial charge on any atom is 0.417 e. The van der Waals surface area contributed by atoms with E-state index in [1.54, 1.807) is 25.4 Å². The number of nitrogens with one attached hydrogen (secondary N) is 2. The second-order valence-corrected chi connectivity index (χ2v) is 7.51. The van der Waals surface area contributed by atoms with E-state index in [4.69, 9.17) is 0 Å². The lowest BCUT2D eigenvalue weighted by molar-refractivity contribution is -0.137. The summed E-state index contributed by atoms with van der Waals surface area (Å²) in [5.41, 5.74) is 2.17. The molecule has 3 rings (SSSR count). The summed E-state index contributed by atoms with van der Waals surface area (Å²) in [6.07, 6.45) is -0.360. The van der Waals surface area contributed by atoms with E-state index in [9.17, 15) is 18.0 Å². The van der Waals surface area contributed by atoms with Crippen LogP contribution in [0.3, 0.4) is 0 Å². The second-order valence-electron chi connectivity index (χ2n) is 6.53. The van der Waals surface area contributed by atoms with Gasteiger partial charge >= 0.3 is 12.2 Å². The standard InChI is InChI=1S/C22H20F3N5OS/c1-3-28-21(31)30-13-32-20-17(18-7-6-16(12-29-18)22(23,24)25)9-15(10-19(20)26-2)14-5-4-8-27-11-14/h4-12H,2-3,13H2,1H3,(H2,28,30,31). The third-order valence-electron chi connectivity index (χ3n) is 4.39. The highest BCUT2D eigenvalue weighted by Gasteiger charge is 2.30. The molecular weight excluding hydrogens is 439 g/mol. The topological polar surface area (TPSA) is 79.3 Å². The van der Waals surface area contributed by atoms with Gasteiger partial charge in [-0.05, 0) is 49.5 Å². The first-order valence-corrected chi connectivity index (χ1v) is 10.5. The van der Waals surface area contributed by atoms with Crippen molar-refractivity contribution in [1.29, 1.82) is 0 Å². The predicted octanol–water partition coefficient (Wildman–Crippen LogP) is 5.53. The fourth-order valence-electron chi connectivity index (χ4n) is 2.89. The van der Waals surface area contributed by atoms with E-state index in [1.807, 2.05) is 18.2 Å². The van der Waals surface area contributed by atoms with Gasteiger partial charge in [0.05, 0.1) is 22.8 Å². The van der Waals surface area contributed by atoms with E-state index in [0.717, 1.165) is 23.4 Å².